The summed E-state index contributed by atoms with van der Waals surface area (Å²) in [5.74, 6) is -0.356. The summed E-state index contributed by atoms with van der Waals surface area (Å²) in [5, 5.41) is 5.86. The van der Waals surface area contributed by atoms with Gasteiger partial charge in [-0.05, 0) is 38.3 Å². The molecule has 1 atom stereocenters. The van der Waals surface area contributed by atoms with Crippen LogP contribution in [0.1, 0.15) is 57.4 Å². The topological polar surface area (TPSA) is 106 Å². The number of nitrogens with zero attached hydrogens (tertiary/aromatic N) is 3. The molecule has 2 aromatic carbocycles. The van der Waals surface area contributed by atoms with E-state index < -0.39 is 11.4 Å². The first-order valence-electron chi connectivity index (χ1n) is 12.4. The Bertz CT molecular complexity index is 1340. The highest BCUT2D eigenvalue weighted by Gasteiger charge is 2.53. The van der Waals surface area contributed by atoms with Crippen LogP contribution in [-0.4, -0.2) is 50.9 Å². The van der Waals surface area contributed by atoms with Gasteiger partial charge in [-0.25, -0.2) is 4.98 Å². The Kier molecular flexibility index (Phi) is 6.45. The van der Waals surface area contributed by atoms with Gasteiger partial charge in [-0.2, -0.15) is 0 Å². The third-order valence-electron chi connectivity index (χ3n) is 7.09. The number of imidazole rings is 1. The minimum Gasteiger partial charge on any atom is -0.496 e. The molecule has 3 aromatic rings. The summed E-state index contributed by atoms with van der Waals surface area (Å²) in [6, 6.07) is 15.3. The number of methoxy groups -OCH3 is 1. The van der Waals surface area contributed by atoms with E-state index >= 15 is 0 Å². The van der Waals surface area contributed by atoms with Crippen LogP contribution >= 0.6 is 0 Å². The molecule has 1 aliphatic carbocycles. The Hall–Kier alpha value is -4.14. The molecule has 3 amide bonds. The van der Waals surface area contributed by atoms with Gasteiger partial charge in [0.1, 0.15) is 17.0 Å². The van der Waals surface area contributed by atoms with Crippen molar-refractivity contribution in [2.45, 2.75) is 57.9 Å². The lowest BCUT2D eigenvalue weighted by Crippen LogP contribution is -2.64. The van der Waals surface area contributed by atoms with Gasteiger partial charge in [0, 0.05) is 24.7 Å². The van der Waals surface area contributed by atoms with Crippen LogP contribution in [0.2, 0.25) is 0 Å². The minimum atomic E-state index is -1.10. The SMILES string of the molecule is COc1ccccc1CNC(=O)c1ncn2c1C(=O)N(C1CC1)C(C)(C(=O)NCc1ccc(C)cc1)C2. The first-order valence-corrected chi connectivity index (χ1v) is 12.4. The van der Waals surface area contributed by atoms with Gasteiger partial charge in [0.05, 0.1) is 20.0 Å². The van der Waals surface area contributed by atoms with Crippen LogP contribution in [0.4, 0.5) is 0 Å². The quantitative estimate of drug-likeness (QED) is 0.494. The van der Waals surface area contributed by atoms with Crippen LogP contribution in [0.25, 0.3) is 0 Å². The Morgan fingerprint density at radius 2 is 1.81 bits per heavy atom. The molecule has 2 N–H and O–H groups in total. The standard InChI is InChI=1S/C28H31N5O4/c1-18-8-10-19(11-9-18)14-30-27(36)28(2)16-32-17-31-23(24(32)26(35)33(28)21-12-13-21)25(34)29-15-20-6-4-5-7-22(20)37-3/h4-11,17,21H,12-16H2,1-3H3,(H,29,34)(H,30,36). The maximum Gasteiger partial charge on any atom is 0.274 e. The number of hydrogen-bond acceptors (Lipinski definition) is 5. The lowest BCUT2D eigenvalue weighted by atomic mass is 9.93. The second-order valence-electron chi connectivity index (χ2n) is 9.91. The van der Waals surface area contributed by atoms with Crippen LogP contribution in [0.15, 0.2) is 54.9 Å². The van der Waals surface area contributed by atoms with Gasteiger partial charge in [-0.3, -0.25) is 14.4 Å². The van der Waals surface area contributed by atoms with E-state index in [1.807, 2.05) is 55.5 Å². The Morgan fingerprint density at radius 3 is 2.51 bits per heavy atom. The van der Waals surface area contributed by atoms with Crippen molar-refractivity contribution in [3.8, 4) is 5.75 Å². The van der Waals surface area contributed by atoms with Gasteiger partial charge in [0.25, 0.3) is 11.8 Å². The predicted octanol–water partition coefficient (Wildman–Crippen LogP) is 2.82. The summed E-state index contributed by atoms with van der Waals surface area (Å²) in [6.07, 6.45) is 3.13. The number of fused-ring (bicyclic) bond motifs is 1. The van der Waals surface area contributed by atoms with Gasteiger partial charge < -0.3 is 24.8 Å². The average Bonchev–Trinajstić information content (AvgIpc) is 3.64. The molecule has 0 radical (unpaired) electrons. The Morgan fingerprint density at radius 1 is 1.08 bits per heavy atom. The van der Waals surface area contributed by atoms with Gasteiger partial charge in [-0.1, -0.05) is 48.0 Å². The molecule has 9 heteroatoms. The summed E-state index contributed by atoms with van der Waals surface area (Å²) >= 11 is 0. The van der Waals surface area contributed by atoms with Crippen molar-refractivity contribution in [2.24, 2.45) is 0 Å². The first kappa shape index (κ1) is 24.5. The fourth-order valence-corrected chi connectivity index (χ4v) is 4.91. The number of aromatic nitrogens is 2. The monoisotopic (exact) mass is 501 g/mol. The molecule has 37 heavy (non-hydrogen) atoms. The number of aryl methyl sites for hydroxylation is 1. The number of amides is 3. The average molecular weight is 502 g/mol. The van der Waals surface area contributed by atoms with Crippen molar-refractivity contribution in [1.29, 1.82) is 0 Å². The predicted molar refractivity (Wildman–Crippen MR) is 137 cm³/mol. The molecule has 1 aliphatic heterocycles. The van der Waals surface area contributed by atoms with Crippen molar-refractivity contribution in [2.75, 3.05) is 7.11 Å². The largest absolute Gasteiger partial charge is 0.496 e. The fraction of sp³-hybridized carbons (Fsp3) is 0.357. The van der Waals surface area contributed by atoms with Crippen molar-refractivity contribution in [3.05, 3.63) is 82.9 Å². The molecule has 2 heterocycles. The number of para-hydroxylation sites is 1. The Balaban J connectivity index is 1.36. The molecule has 2 aliphatic rings. The third-order valence-corrected chi connectivity index (χ3v) is 7.09. The lowest BCUT2D eigenvalue weighted by Gasteiger charge is -2.44. The van der Waals surface area contributed by atoms with E-state index in [-0.39, 0.29) is 42.3 Å². The van der Waals surface area contributed by atoms with E-state index in [9.17, 15) is 14.4 Å². The van der Waals surface area contributed by atoms with E-state index in [4.69, 9.17) is 4.74 Å². The number of ether oxygens (including phenoxy) is 1. The van der Waals surface area contributed by atoms with Crippen molar-refractivity contribution >= 4 is 17.7 Å². The van der Waals surface area contributed by atoms with Crippen LogP contribution in [0.5, 0.6) is 5.75 Å². The van der Waals surface area contributed by atoms with Gasteiger partial charge in [0.2, 0.25) is 5.91 Å². The summed E-state index contributed by atoms with van der Waals surface area (Å²) in [5.41, 5.74) is 2.13. The maximum atomic E-state index is 13.8. The molecule has 5 rings (SSSR count). The number of benzene rings is 2. The summed E-state index contributed by atoms with van der Waals surface area (Å²) in [7, 11) is 1.57. The van der Waals surface area contributed by atoms with E-state index in [1.54, 1.807) is 23.5 Å². The summed E-state index contributed by atoms with van der Waals surface area (Å²) < 4.78 is 6.98. The molecular weight excluding hydrogens is 470 g/mol. The maximum absolute atomic E-state index is 13.8. The number of hydrogen-bond donors (Lipinski definition) is 2. The van der Waals surface area contributed by atoms with Crippen LogP contribution in [0, 0.1) is 6.92 Å². The van der Waals surface area contributed by atoms with Gasteiger partial charge >= 0.3 is 0 Å². The zero-order valence-corrected chi connectivity index (χ0v) is 21.3. The minimum absolute atomic E-state index is 0.0317. The zero-order valence-electron chi connectivity index (χ0n) is 21.3. The van der Waals surface area contributed by atoms with Crippen molar-refractivity contribution < 1.29 is 19.1 Å². The van der Waals surface area contributed by atoms with Gasteiger partial charge in [-0.15, -0.1) is 0 Å². The van der Waals surface area contributed by atoms with E-state index in [0.717, 1.165) is 29.5 Å². The smallest absolute Gasteiger partial charge is 0.274 e. The first-order chi connectivity index (χ1) is 17.8. The molecule has 1 fully saturated rings. The summed E-state index contributed by atoms with van der Waals surface area (Å²) in [6.45, 7) is 4.62. The second kappa shape index (κ2) is 9.72. The molecule has 1 saturated carbocycles. The number of carbonyl (C=O) groups is 3. The second-order valence-corrected chi connectivity index (χ2v) is 9.91. The van der Waals surface area contributed by atoms with Crippen LogP contribution in [-0.2, 0) is 24.4 Å². The van der Waals surface area contributed by atoms with E-state index in [2.05, 4.69) is 15.6 Å². The molecule has 0 spiro atoms. The van der Waals surface area contributed by atoms with Crippen molar-refractivity contribution in [3.63, 3.8) is 0 Å². The third kappa shape index (κ3) is 4.69. The lowest BCUT2D eigenvalue weighted by molar-refractivity contribution is -0.133. The van der Waals surface area contributed by atoms with E-state index in [0.29, 0.717) is 12.3 Å². The zero-order chi connectivity index (χ0) is 26.2. The molecule has 9 nitrogen and oxygen atoms in total. The number of nitrogens with one attached hydrogen (secondary N) is 2. The van der Waals surface area contributed by atoms with Crippen LogP contribution in [0.3, 0.4) is 0 Å². The number of rotatable bonds is 8. The molecule has 0 bridgehead atoms. The highest BCUT2D eigenvalue weighted by molar-refractivity contribution is 6.07. The molecule has 1 aromatic heterocycles. The van der Waals surface area contributed by atoms with Crippen molar-refractivity contribution in [1.82, 2.24) is 25.1 Å². The van der Waals surface area contributed by atoms with E-state index in [1.165, 1.54) is 6.33 Å². The molecule has 192 valence electrons. The molecular formula is C28H31N5O4. The normalized spacial score (nSPS) is 18.8. The highest BCUT2D eigenvalue weighted by Crippen LogP contribution is 2.39. The fourth-order valence-electron chi connectivity index (χ4n) is 4.91. The van der Waals surface area contributed by atoms with Gasteiger partial charge in [0.15, 0.2) is 5.69 Å². The molecule has 1 unspecified atom stereocenters. The number of carbonyl (C=O) groups excluding carboxylic acids is 3. The summed E-state index contributed by atoms with van der Waals surface area (Å²) in [4.78, 5) is 46.3. The Labute approximate surface area is 215 Å². The molecule has 0 saturated heterocycles. The highest BCUT2D eigenvalue weighted by atomic mass is 16.5. The van der Waals surface area contributed by atoms with Crippen LogP contribution < -0.4 is 15.4 Å².